The number of rotatable bonds is 7. The third-order valence-electron chi connectivity index (χ3n) is 4.89. The molecule has 152 valence electrons. The second-order valence-corrected chi connectivity index (χ2v) is 6.95. The van der Waals surface area contributed by atoms with E-state index in [1.807, 2.05) is 18.2 Å². The van der Waals surface area contributed by atoms with Crippen molar-refractivity contribution in [2.24, 2.45) is 0 Å². The molecule has 0 aliphatic carbocycles. The number of carboxylic acid groups (broad SMARTS) is 1. The monoisotopic (exact) mass is 394 g/mol. The average molecular weight is 394 g/mol. The predicted molar refractivity (Wildman–Crippen MR) is 114 cm³/mol. The molecular formula is C23H26N2O4. The summed E-state index contributed by atoms with van der Waals surface area (Å²) in [5.41, 5.74) is 2.08. The van der Waals surface area contributed by atoms with Crippen molar-refractivity contribution in [2.45, 2.75) is 32.6 Å². The summed E-state index contributed by atoms with van der Waals surface area (Å²) >= 11 is 0. The number of para-hydroxylation sites is 2. The Morgan fingerprint density at radius 1 is 1.14 bits per heavy atom. The Balaban J connectivity index is 1.74. The molecule has 2 aromatic rings. The van der Waals surface area contributed by atoms with Crippen LogP contribution in [-0.2, 0) is 4.79 Å². The Morgan fingerprint density at radius 3 is 2.62 bits per heavy atom. The minimum absolute atomic E-state index is 0.0441. The first-order valence-corrected chi connectivity index (χ1v) is 9.93. The van der Waals surface area contributed by atoms with Gasteiger partial charge in [0.25, 0.3) is 0 Å². The summed E-state index contributed by atoms with van der Waals surface area (Å²) in [6.07, 6.45) is 7.19. The predicted octanol–water partition coefficient (Wildman–Crippen LogP) is 4.77. The highest BCUT2D eigenvalue weighted by molar-refractivity contribution is 6.00. The van der Waals surface area contributed by atoms with Crippen LogP contribution >= 0.6 is 0 Å². The Morgan fingerprint density at radius 2 is 1.90 bits per heavy atom. The summed E-state index contributed by atoms with van der Waals surface area (Å²) in [4.78, 5) is 25.5. The second kappa shape index (κ2) is 9.78. The number of carbonyl (C=O) groups excluding carboxylic acids is 1. The van der Waals surface area contributed by atoms with Gasteiger partial charge < -0.3 is 20.1 Å². The molecule has 1 saturated heterocycles. The van der Waals surface area contributed by atoms with Gasteiger partial charge in [-0.1, -0.05) is 25.1 Å². The number of hydrogen-bond donors (Lipinski definition) is 2. The molecule has 0 atom stereocenters. The lowest BCUT2D eigenvalue weighted by Gasteiger charge is -2.29. The summed E-state index contributed by atoms with van der Waals surface area (Å²) in [7, 11) is 0. The molecule has 0 bridgehead atoms. The Labute approximate surface area is 170 Å². The topological polar surface area (TPSA) is 78.9 Å². The highest BCUT2D eigenvalue weighted by atomic mass is 16.5. The van der Waals surface area contributed by atoms with Gasteiger partial charge in [0.2, 0.25) is 5.91 Å². The molecule has 3 rings (SSSR count). The molecule has 1 aliphatic heterocycles. The maximum Gasteiger partial charge on any atom is 0.337 e. The summed E-state index contributed by atoms with van der Waals surface area (Å²) in [5, 5.41) is 12.1. The molecule has 0 spiro atoms. The Bertz CT molecular complexity index is 902. The number of nitrogens with zero attached hydrogens (tertiary/aromatic N) is 1. The van der Waals surface area contributed by atoms with Crippen molar-refractivity contribution in [1.82, 2.24) is 0 Å². The largest absolute Gasteiger partial charge is 0.478 e. The van der Waals surface area contributed by atoms with Crippen LogP contribution in [-0.4, -0.2) is 30.1 Å². The number of piperidine rings is 1. The van der Waals surface area contributed by atoms with Gasteiger partial charge in [0.1, 0.15) is 5.75 Å². The van der Waals surface area contributed by atoms with E-state index in [0.717, 1.165) is 24.5 Å². The van der Waals surface area contributed by atoms with E-state index < -0.39 is 5.97 Å². The van der Waals surface area contributed by atoms with Gasteiger partial charge in [-0.25, -0.2) is 4.79 Å². The lowest BCUT2D eigenvalue weighted by molar-refractivity contribution is -0.115. The summed E-state index contributed by atoms with van der Waals surface area (Å²) in [6.45, 7) is 3.76. The van der Waals surface area contributed by atoms with Crippen LogP contribution in [0, 0.1) is 0 Å². The van der Waals surface area contributed by atoms with Gasteiger partial charge in [0.15, 0.2) is 0 Å². The van der Waals surface area contributed by atoms with E-state index in [1.54, 1.807) is 31.4 Å². The number of aromatic carboxylic acids is 1. The van der Waals surface area contributed by atoms with Gasteiger partial charge in [-0.2, -0.15) is 0 Å². The van der Waals surface area contributed by atoms with Gasteiger partial charge in [-0.05, 0) is 55.2 Å². The van der Waals surface area contributed by atoms with Crippen LogP contribution in [0.25, 0.3) is 6.08 Å². The van der Waals surface area contributed by atoms with E-state index in [4.69, 9.17) is 4.74 Å². The molecular weight excluding hydrogens is 368 g/mol. The lowest BCUT2D eigenvalue weighted by atomic mass is 10.1. The van der Waals surface area contributed by atoms with Crippen LogP contribution in [0.2, 0.25) is 0 Å². The highest BCUT2D eigenvalue weighted by Gasteiger charge is 2.15. The quantitative estimate of drug-likeness (QED) is 0.661. The number of benzene rings is 2. The van der Waals surface area contributed by atoms with E-state index in [0.29, 0.717) is 5.56 Å². The first kappa shape index (κ1) is 20.5. The molecule has 29 heavy (non-hydrogen) atoms. The van der Waals surface area contributed by atoms with Crippen LogP contribution in [0.5, 0.6) is 5.75 Å². The second-order valence-electron chi connectivity index (χ2n) is 6.95. The number of carboxylic acids is 1. The lowest BCUT2D eigenvalue weighted by Crippen LogP contribution is -2.29. The highest BCUT2D eigenvalue weighted by Crippen LogP contribution is 2.30. The zero-order valence-electron chi connectivity index (χ0n) is 16.6. The van der Waals surface area contributed by atoms with Gasteiger partial charge >= 0.3 is 5.97 Å². The zero-order valence-corrected chi connectivity index (χ0v) is 16.6. The maximum absolute atomic E-state index is 11.6. The fourth-order valence-corrected chi connectivity index (χ4v) is 3.33. The van der Waals surface area contributed by atoms with Crippen molar-refractivity contribution in [3.8, 4) is 5.75 Å². The Hall–Kier alpha value is -3.28. The number of amides is 1. The molecule has 1 fully saturated rings. The average Bonchev–Trinajstić information content (AvgIpc) is 2.75. The number of hydrogen-bond acceptors (Lipinski definition) is 4. The van der Waals surface area contributed by atoms with Gasteiger partial charge in [0, 0.05) is 19.5 Å². The molecule has 2 aromatic carbocycles. The van der Waals surface area contributed by atoms with Crippen molar-refractivity contribution in [1.29, 1.82) is 0 Å². The number of ether oxygens (including phenoxy) is 1. The molecule has 6 heteroatoms. The third kappa shape index (κ3) is 5.38. The van der Waals surface area contributed by atoms with Gasteiger partial charge in [-0.3, -0.25) is 4.79 Å². The van der Waals surface area contributed by atoms with Gasteiger partial charge in [0.05, 0.1) is 23.2 Å². The van der Waals surface area contributed by atoms with E-state index in [1.165, 1.54) is 25.3 Å². The van der Waals surface area contributed by atoms with Crippen LogP contribution in [0.3, 0.4) is 0 Å². The fraction of sp³-hybridized carbons (Fsp3) is 0.304. The number of carbonyl (C=O) groups is 2. The summed E-state index contributed by atoms with van der Waals surface area (Å²) in [5.74, 6) is -0.549. The molecule has 1 aliphatic rings. The molecule has 1 amide bonds. The zero-order chi connectivity index (χ0) is 20.6. The first-order chi connectivity index (χ1) is 14.1. The van der Waals surface area contributed by atoms with Crippen molar-refractivity contribution in [3.63, 3.8) is 0 Å². The van der Waals surface area contributed by atoms with Gasteiger partial charge in [-0.15, -0.1) is 0 Å². The fourth-order valence-electron chi connectivity index (χ4n) is 3.33. The minimum atomic E-state index is -1.09. The van der Waals surface area contributed by atoms with Crippen LogP contribution in [0.4, 0.5) is 11.4 Å². The van der Waals surface area contributed by atoms with Crippen molar-refractivity contribution >= 4 is 29.3 Å². The van der Waals surface area contributed by atoms with Crippen LogP contribution < -0.4 is 15.0 Å². The van der Waals surface area contributed by atoms with E-state index in [2.05, 4.69) is 16.3 Å². The maximum atomic E-state index is 11.6. The molecule has 0 saturated carbocycles. The SMILES string of the molecule is CCC(=O)Nc1ccc(/C=C/Oc2ccccc2N2CCCCC2)cc1C(=O)O. The Kier molecular flexibility index (Phi) is 6.89. The van der Waals surface area contributed by atoms with Crippen LogP contribution in [0.1, 0.15) is 48.5 Å². The minimum Gasteiger partial charge on any atom is -0.478 e. The summed E-state index contributed by atoms with van der Waals surface area (Å²) in [6, 6.07) is 12.8. The summed E-state index contributed by atoms with van der Waals surface area (Å²) < 4.78 is 5.87. The van der Waals surface area contributed by atoms with Crippen molar-refractivity contribution in [3.05, 3.63) is 59.9 Å². The van der Waals surface area contributed by atoms with E-state index >= 15 is 0 Å². The van der Waals surface area contributed by atoms with E-state index in [-0.39, 0.29) is 23.6 Å². The molecule has 6 nitrogen and oxygen atoms in total. The smallest absolute Gasteiger partial charge is 0.337 e. The molecule has 0 aromatic heterocycles. The molecule has 0 unspecified atom stereocenters. The number of anilines is 2. The molecule has 0 radical (unpaired) electrons. The molecule has 1 heterocycles. The third-order valence-corrected chi connectivity index (χ3v) is 4.89. The number of nitrogens with one attached hydrogen (secondary N) is 1. The molecule has 2 N–H and O–H groups in total. The van der Waals surface area contributed by atoms with Crippen molar-refractivity contribution in [2.75, 3.05) is 23.3 Å². The normalized spacial score (nSPS) is 14.0. The first-order valence-electron chi connectivity index (χ1n) is 9.93. The standard InChI is InChI=1S/C23H26N2O4/c1-2-22(26)24-19-11-10-17(16-18(19)23(27)28)12-15-29-21-9-5-4-8-20(21)25-13-6-3-7-14-25/h4-5,8-12,15-16H,2-3,6-7,13-14H2,1H3,(H,24,26)(H,27,28)/b15-12+. The van der Waals surface area contributed by atoms with Crippen LogP contribution in [0.15, 0.2) is 48.7 Å². The van der Waals surface area contributed by atoms with E-state index in [9.17, 15) is 14.7 Å². The van der Waals surface area contributed by atoms with Crippen molar-refractivity contribution < 1.29 is 19.4 Å².